The van der Waals surface area contributed by atoms with E-state index in [9.17, 15) is 14.7 Å². The smallest absolute Gasteiger partial charge is 0.259 e. The highest BCUT2D eigenvalue weighted by Crippen LogP contribution is 2.32. The lowest BCUT2D eigenvalue weighted by Crippen LogP contribution is -2.69. The van der Waals surface area contributed by atoms with Crippen LogP contribution in [0.4, 0.5) is 5.69 Å². The van der Waals surface area contributed by atoms with E-state index in [0.29, 0.717) is 11.4 Å². The number of methoxy groups -OCH3 is 1. The summed E-state index contributed by atoms with van der Waals surface area (Å²) >= 11 is 0. The molecule has 1 amide bonds. The lowest BCUT2D eigenvalue weighted by molar-refractivity contribution is -0.150. The number of ether oxygens (including phenoxy) is 2. The number of ketones is 1. The Bertz CT molecular complexity index is 744. The van der Waals surface area contributed by atoms with Gasteiger partial charge in [-0.1, -0.05) is 30.3 Å². The summed E-state index contributed by atoms with van der Waals surface area (Å²) in [6.07, 6.45) is -0.887. The van der Waals surface area contributed by atoms with Gasteiger partial charge in [-0.3, -0.25) is 14.5 Å². The average Bonchev–Trinajstić information content (AvgIpc) is 2.66. The predicted octanol–water partition coefficient (Wildman–Crippen LogP) is 1.56. The lowest BCUT2D eigenvalue weighted by Gasteiger charge is -2.45. The fraction of sp³-hybridized carbons (Fsp3) is 0.263. The van der Waals surface area contributed by atoms with E-state index in [1.165, 1.54) is 4.90 Å². The number of aliphatic hydroxyl groups is 1. The van der Waals surface area contributed by atoms with Gasteiger partial charge in [0.1, 0.15) is 18.4 Å². The second kappa shape index (κ2) is 7.46. The number of Topliss-reactive ketones (excluding diaryl/α,β-unsaturated/α-hetero) is 1. The first-order valence-corrected chi connectivity index (χ1v) is 7.92. The van der Waals surface area contributed by atoms with E-state index in [1.54, 1.807) is 31.4 Å². The second-order valence-electron chi connectivity index (χ2n) is 5.69. The predicted molar refractivity (Wildman–Crippen MR) is 91.4 cm³/mol. The molecule has 1 aliphatic heterocycles. The van der Waals surface area contributed by atoms with Crippen molar-refractivity contribution in [2.75, 3.05) is 18.6 Å². The molecule has 0 saturated carbocycles. The van der Waals surface area contributed by atoms with Crippen LogP contribution in [0.1, 0.15) is 5.56 Å². The highest BCUT2D eigenvalue weighted by atomic mass is 16.5. The van der Waals surface area contributed by atoms with Crippen LogP contribution in [-0.2, 0) is 20.9 Å². The number of hydrogen-bond acceptors (Lipinski definition) is 5. The van der Waals surface area contributed by atoms with Gasteiger partial charge in [0, 0.05) is 5.69 Å². The third kappa shape index (κ3) is 3.40. The van der Waals surface area contributed by atoms with E-state index in [-0.39, 0.29) is 12.5 Å². The normalized spacial score (nSPS) is 19.4. The maximum Gasteiger partial charge on any atom is 0.259 e. The molecule has 3 rings (SSSR count). The van der Waals surface area contributed by atoms with Crippen molar-refractivity contribution in [3.8, 4) is 5.75 Å². The van der Waals surface area contributed by atoms with Gasteiger partial charge in [-0.25, -0.2) is 0 Å². The Labute approximate surface area is 145 Å². The molecule has 0 spiro atoms. The van der Waals surface area contributed by atoms with E-state index in [2.05, 4.69) is 0 Å². The van der Waals surface area contributed by atoms with E-state index in [1.807, 2.05) is 30.3 Å². The van der Waals surface area contributed by atoms with Crippen molar-refractivity contribution in [2.45, 2.75) is 18.8 Å². The van der Waals surface area contributed by atoms with Gasteiger partial charge in [0.15, 0.2) is 11.9 Å². The van der Waals surface area contributed by atoms with Crippen molar-refractivity contribution in [2.24, 2.45) is 0 Å². The number of nitrogens with zero attached hydrogens (tertiary/aromatic N) is 1. The Morgan fingerprint density at radius 2 is 1.80 bits per heavy atom. The number of anilines is 1. The Morgan fingerprint density at radius 1 is 1.12 bits per heavy atom. The van der Waals surface area contributed by atoms with Crippen LogP contribution >= 0.6 is 0 Å². The quantitative estimate of drug-likeness (QED) is 0.774. The molecule has 0 bridgehead atoms. The number of rotatable bonds is 7. The number of aliphatic hydroxyl groups excluding tert-OH is 1. The monoisotopic (exact) mass is 341 g/mol. The van der Waals surface area contributed by atoms with Crippen LogP contribution in [0.2, 0.25) is 0 Å². The molecule has 25 heavy (non-hydrogen) atoms. The van der Waals surface area contributed by atoms with Crippen LogP contribution in [-0.4, -0.2) is 42.7 Å². The standard InChI is InChI=1S/C19H19NO5/c1-24-15-9-7-14(8-10-15)20-17(16(22)11-21)18(19(20)23)25-12-13-5-3-2-4-6-13/h2-10,17-18,21H,11-12H2,1H3/t17-,18+/m0/s1. The van der Waals surface area contributed by atoms with Crippen molar-refractivity contribution < 1.29 is 24.2 Å². The third-order valence-electron chi connectivity index (χ3n) is 4.15. The van der Waals surface area contributed by atoms with Gasteiger partial charge in [0.05, 0.1) is 13.7 Å². The van der Waals surface area contributed by atoms with E-state index in [0.717, 1.165) is 5.56 Å². The summed E-state index contributed by atoms with van der Waals surface area (Å²) in [5.41, 5.74) is 1.48. The zero-order chi connectivity index (χ0) is 17.8. The van der Waals surface area contributed by atoms with Crippen molar-refractivity contribution in [1.82, 2.24) is 0 Å². The van der Waals surface area contributed by atoms with Crippen molar-refractivity contribution in [3.63, 3.8) is 0 Å². The molecule has 1 heterocycles. The molecule has 0 unspecified atom stereocenters. The van der Waals surface area contributed by atoms with Crippen LogP contribution in [0.3, 0.4) is 0 Å². The second-order valence-corrected chi connectivity index (χ2v) is 5.69. The van der Waals surface area contributed by atoms with Gasteiger partial charge in [-0.2, -0.15) is 0 Å². The molecule has 1 N–H and O–H groups in total. The van der Waals surface area contributed by atoms with Gasteiger partial charge >= 0.3 is 0 Å². The number of benzene rings is 2. The Hall–Kier alpha value is -2.70. The third-order valence-corrected chi connectivity index (χ3v) is 4.15. The van der Waals surface area contributed by atoms with Crippen LogP contribution in [0.15, 0.2) is 54.6 Å². The van der Waals surface area contributed by atoms with Gasteiger partial charge in [0.25, 0.3) is 5.91 Å². The molecule has 2 aromatic rings. The van der Waals surface area contributed by atoms with E-state index < -0.39 is 24.5 Å². The summed E-state index contributed by atoms with van der Waals surface area (Å²) in [4.78, 5) is 26.0. The first-order valence-electron chi connectivity index (χ1n) is 7.92. The molecule has 0 aromatic heterocycles. The lowest BCUT2D eigenvalue weighted by atomic mass is 9.92. The molecular weight excluding hydrogens is 322 g/mol. The van der Waals surface area contributed by atoms with Gasteiger partial charge in [-0.15, -0.1) is 0 Å². The fourth-order valence-electron chi connectivity index (χ4n) is 2.82. The van der Waals surface area contributed by atoms with Gasteiger partial charge in [0.2, 0.25) is 0 Å². The number of hydrogen-bond donors (Lipinski definition) is 1. The van der Waals surface area contributed by atoms with Crippen LogP contribution in [0.25, 0.3) is 0 Å². The van der Waals surface area contributed by atoms with E-state index >= 15 is 0 Å². The number of β-lactam (4-membered cyclic amide) rings is 1. The minimum atomic E-state index is -0.887. The van der Waals surface area contributed by atoms with Gasteiger partial charge < -0.3 is 14.6 Å². The highest BCUT2D eigenvalue weighted by Gasteiger charge is 2.52. The molecular formula is C19H19NO5. The number of amides is 1. The molecule has 0 aliphatic carbocycles. The van der Waals surface area contributed by atoms with Crippen LogP contribution in [0, 0.1) is 0 Å². The first-order chi connectivity index (χ1) is 12.2. The molecule has 1 fully saturated rings. The molecule has 0 radical (unpaired) electrons. The molecule has 1 saturated heterocycles. The Balaban J connectivity index is 1.76. The number of carbonyl (C=O) groups excluding carboxylic acids is 2. The molecule has 1 aliphatic rings. The Morgan fingerprint density at radius 3 is 2.40 bits per heavy atom. The molecule has 6 nitrogen and oxygen atoms in total. The van der Waals surface area contributed by atoms with Gasteiger partial charge in [-0.05, 0) is 29.8 Å². The average molecular weight is 341 g/mol. The first kappa shape index (κ1) is 17.1. The zero-order valence-electron chi connectivity index (χ0n) is 13.8. The van der Waals surface area contributed by atoms with Crippen LogP contribution in [0.5, 0.6) is 5.75 Å². The summed E-state index contributed by atoms with van der Waals surface area (Å²) in [5, 5.41) is 9.24. The van der Waals surface area contributed by atoms with E-state index in [4.69, 9.17) is 9.47 Å². The Kier molecular flexibility index (Phi) is 5.11. The fourth-order valence-corrected chi connectivity index (χ4v) is 2.82. The van der Waals surface area contributed by atoms with Crippen LogP contribution < -0.4 is 9.64 Å². The maximum absolute atomic E-state index is 12.5. The summed E-state index contributed by atoms with van der Waals surface area (Å²) in [6.45, 7) is -0.418. The molecule has 130 valence electrons. The molecule has 2 aromatic carbocycles. The largest absolute Gasteiger partial charge is 0.497 e. The minimum Gasteiger partial charge on any atom is -0.497 e. The summed E-state index contributed by atoms with van der Waals surface area (Å²) in [7, 11) is 1.55. The highest BCUT2D eigenvalue weighted by molar-refractivity contribution is 6.14. The van der Waals surface area contributed by atoms with Crippen molar-refractivity contribution in [3.05, 3.63) is 60.2 Å². The van der Waals surface area contributed by atoms with Crippen molar-refractivity contribution >= 4 is 17.4 Å². The number of carbonyl (C=O) groups is 2. The summed E-state index contributed by atoms with van der Waals surface area (Å²) in [5.74, 6) is -0.0972. The molecule has 6 heteroatoms. The van der Waals surface area contributed by atoms with Crippen molar-refractivity contribution in [1.29, 1.82) is 0 Å². The topological polar surface area (TPSA) is 76.1 Å². The minimum absolute atomic E-state index is 0.225. The summed E-state index contributed by atoms with van der Waals surface area (Å²) < 4.78 is 10.8. The zero-order valence-corrected chi connectivity index (χ0v) is 13.8. The maximum atomic E-state index is 12.5. The summed E-state index contributed by atoms with van der Waals surface area (Å²) in [6, 6.07) is 15.4. The molecule has 2 atom stereocenters. The SMILES string of the molecule is COc1ccc(N2C(=O)[C@H](OCc3ccccc3)[C@@H]2C(=O)CO)cc1.